The van der Waals surface area contributed by atoms with Crippen molar-refractivity contribution in [2.75, 3.05) is 12.7 Å². The summed E-state index contributed by atoms with van der Waals surface area (Å²) in [6, 6.07) is 25.6. The predicted molar refractivity (Wildman–Crippen MR) is 97.2 cm³/mol. The highest BCUT2D eigenvalue weighted by Gasteiger charge is 2.12. The zero-order valence-electron chi connectivity index (χ0n) is 12.4. The summed E-state index contributed by atoms with van der Waals surface area (Å²) in [4.78, 5) is 7.71. The van der Waals surface area contributed by atoms with E-state index >= 15 is 0 Å². The van der Waals surface area contributed by atoms with Crippen LogP contribution in [0.15, 0.2) is 84.0 Å². The number of aromatic nitrogens is 1. The van der Waals surface area contributed by atoms with Gasteiger partial charge in [-0.3, -0.25) is 4.99 Å². The average Bonchev–Trinajstić information content (AvgIpc) is 3.10. The number of nitrogens with one attached hydrogen (secondary N) is 1. The quantitative estimate of drug-likeness (QED) is 0.533. The van der Waals surface area contributed by atoms with Crippen LogP contribution in [0.4, 0.5) is 0 Å². The molecule has 110 valence electrons. The second kappa shape index (κ2) is 7.72. The number of H-pyrrole nitrogens is 1. The first-order chi connectivity index (χ1) is 10.9. The Morgan fingerprint density at radius 2 is 1.45 bits per heavy atom. The molecule has 0 bridgehead atoms. The largest absolute Gasteiger partial charge is 0.360 e. The maximum atomic E-state index is 4.56. The van der Waals surface area contributed by atoms with E-state index in [1.807, 2.05) is 24.5 Å². The monoisotopic (exact) mass is 306 g/mol. The lowest BCUT2D eigenvalue weighted by Gasteiger charge is -2.17. The number of aliphatic imine (C=N–C) groups is 1. The minimum atomic E-state index is -0.344. The van der Waals surface area contributed by atoms with Crippen molar-refractivity contribution in [3.8, 4) is 0 Å². The fraction of sp³-hybridized carbons (Fsp3) is 0.105. The van der Waals surface area contributed by atoms with Gasteiger partial charge in [-0.2, -0.15) is 0 Å². The van der Waals surface area contributed by atoms with Crippen molar-refractivity contribution in [2.24, 2.45) is 4.99 Å². The van der Waals surface area contributed by atoms with Gasteiger partial charge in [0, 0.05) is 19.0 Å². The minimum absolute atomic E-state index is 0.344. The van der Waals surface area contributed by atoms with Crippen molar-refractivity contribution in [1.82, 2.24) is 4.98 Å². The Morgan fingerprint density at radius 3 is 2.00 bits per heavy atom. The van der Waals surface area contributed by atoms with Gasteiger partial charge < -0.3 is 4.98 Å². The molecule has 0 saturated carbocycles. The summed E-state index contributed by atoms with van der Waals surface area (Å²) >= 11 is 0. The standard InChI is InChI=1S/C19H19N2P/c1-3-9-18(10-4-1)22(19-11-5-2-6-12-19)15-14-20-16-17-8-7-13-21-17/h1-13,16,21H,14-15H2. The second-order valence-electron chi connectivity index (χ2n) is 4.98. The van der Waals surface area contributed by atoms with Gasteiger partial charge in [-0.25, -0.2) is 0 Å². The lowest BCUT2D eigenvalue weighted by atomic mass is 10.4. The molecular formula is C19H19N2P. The SMILES string of the molecule is C(=NCCP(c1ccccc1)c1ccccc1)c1ccc[nH]1. The highest BCUT2D eigenvalue weighted by atomic mass is 31.1. The van der Waals surface area contributed by atoms with Gasteiger partial charge in [-0.05, 0) is 36.8 Å². The molecule has 0 radical (unpaired) electrons. The molecule has 0 aliphatic heterocycles. The van der Waals surface area contributed by atoms with E-state index in [0.29, 0.717) is 0 Å². The van der Waals surface area contributed by atoms with Crippen molar-refractivity contribution >= 4 is 24.7 Å². The lowest BCUT2D eigenvalue weighted by Crippen LogP contribution is -2.15. The summed E-state index contributed by atoms with van der Waals surface area (Å²) in [5, 5.41) is 2.83. The van der Waals surface area contributed by atoms with Gasteiger partial charge >= 0.3 is 0 Å². The van der Waals surface area contributed by atoms with Gasteiger partial charge in [0.2, 0.25) is 0 Å². The number of hydrogen-bond acceptors (Lipinski definition) is 1. The van der Waals surface area contributed by atoms with Crippen molar-refractivity contribution in [3.05, 3.63) is 84.7 Å². The number of rotatable bonds is 6. The Hall–Kier alpha value is -2.18. The molecular weight excluding hydrogens is 287 g/mol. The smallest absolute Gasteiger partial charge is 0.0561 e. The van der Waals surface area contributed by atoms with E-state index < -0.39 is 0 Å². The van der Waals surface area contributed by atoms with E-state index in [-0.39, 0.29) is 7.92 Å². The van der Waals surface area contributed by atoms with Crippen molar-refractivity contribution in [1.29, 1.82) is 0 Å². The minimum Gasteiger partial charge on any atom is -0.360 e. The van der Waals surface area contributed by atoms with Crippen molar-refractivity contribution in [2.45, 2.75) is 0 Å². The first kappa shape index (κ1) is 14.7. The summed E-state index contributed by atoms with van der Waals surface area (Å²) in [7, 11) is -0.344. The molecule has 0 spiro atoms. The fourth-order valence-corrected chi connectivity index (χ4v) is 4.56. The van der Waals surface area contributed by atoms with Crippen LogP contribution in [-0.2, 0) is 0 Å². The topological polar surface area (TPSA) is 28.1 Å². The predicted octanol–water partition coefficient (Wildman–Crippen LogP) is 3.57. The zero-order chi connectivity index (χ0) is 15.0. The highest BCUT2D eigenvalue weighted by molar-refractivity contribution is 7.73. The van der Waals surface area contributed by atoms with E-state index in [2.05, 4.69) is 70.6 Å². The number of hydrogen-bond donors (Lipinski definition) is 1. The summed E-state index contributed by atoms with van der Waals surface area (Å²) < 4.78 is 0. The first-order valence-corrected chi connectivity index (χ1v) is 8.97. The molecule has 3 heteroatoms. The lowest BCUT2D eigenvalue weighted by molar-refractivity contribution is 1.15. The van der Waals surface area contributed by atoms with Crippen LogP contribution in [-0.4, -0.2) is 23.9 Å². The maximum Gasteiger partial charge on any atom is 0.0561 e. The molecule has 1 heterocycles. The normalized spacial score (nSPS) is 11.3. The molecule has 0 amide bonds. The van der Waals surface area contributed by atoms with Crippen molar-refractivity contribution in [3.63, 3.8) is 0 Å². The van der Waals surface area contributed by atoms with Crippen LogP contribution >= 0.6 is 7.92 Å². The molecule has 2 nitrogen and oxygen atoms in total. The molecule has 0 atom stereocenters. The van der Waals surface area contributed by atoms with E-state index in [4.69, 9.17) is 0 Å². The molecule has 0 aliphatic rings. The van der Waals surface area contributed by atoms with Crippen LogP contribution in [0.25, 0.3) is 0 Å². The second-order valence-corrected chi connectivity index (χ2v) is 7.32. The zero-order valence-corrected chi connectivity index (χ0v) is 13.3. The molecule has 0 unspecified atom stereocenters. The van der Waals surface area contributed by atoms with E-state index in [9.17, 15) is 0 Å². The van der Waals surface area contributed by atoms with Gasteiger partial charge in [0.25, 0.3) is 0 Å². The summed E-state index contributed by atoms with van der Waals surface area (Å²) in [5.41, 5.74) is 1.06. The Kier molecular flexibility index (Phi) is 5.18. The Balaban J connectivity index is 1.72. The first-order valence-electron chi connectivity index (χ1n) is 7.44. The molecule has 0 fully saturated rings. The van der Waals surface area contributed by atoms with E-state index in [1.165, 1.54) is 10.6 Å². The fourth-order valence-electron chi connectivity index (χ4n) is 2.37. The summed E-state index contributed by atoms with van der Waals surface area (Å²) in [6.07, 6.45) is 4.91. The number of benzene rings is 2. The van der Waals surface area contributed by atoms with E-state index in [0.717, 1.165) is 18.4 Å². The molecule has 1 N–H and O–H groups in total. The summed E-state index contributed by atoms with van der Waals surface area (Å²) in [6.45, 7) is 0.842. The summed E-state index contributed by atoms with van der Waals surface area (Å²) in [5.74, 6) is 0. The number of nitrogens with zero attached hydrogens (tertiary/aromatic N) is 1. The number of aromatic amines is 1. The van der Waals surface area contributed by atoms with E-state index in [1.54, 1.807) is 0 Å². The molecule has 0 saturated heterocycles. The third-order valence-corrected chi connectivity index (χ3v) is 5.93. The third-order valence-electron chi connectivity index (χ3n) is 3.44. The van der Waals surface area contributed by atoms with Crippen molar-refractivity contribution < 1.29 is 0 Å². The Labute approximate surface area is 132 Å². The Bertz CT molecular complexity index is 651. The van der Waals surface area contributed by atoms with Crippen LogP contribution < -0.4 is 10.6 Å². The van der Waals surface area contributed by atoms with Gasteiger partial charge in [0.1, 0.15) is 0 Å². The molecule has 1 aromatic heterocycles. The molecule has 22 heavy (non-hydrogen) atoms. The van der Waals surface area contributed by atoms with Crippen LogP contribution in [0, 0.1) is 0 Å². The molecule has 3 aromatic rings. The average molecular weight is 306 g/mol. The molecule has 2 aromatic carbocycles. The third kappa shape index (κ3) is 3.93. The van der Waals surface area contributed by atoms with Crippen LogP contribution in [0.2, 0.25) is 0 Å². The van der Waals surface area contributed by atoms with Gasteiger partial charge in [0.05, 0.1) is 5.69 Å². The van der Waals surface area contributed by atoms with Gasteiger partial charge in [-0.15, -0.1) is 0 Å². The molecule has 0 aliphatic carbocycles. The maximum absolute atomic E-state index is 4.56. The highest BCUT2D eigenvalue weighted by Crippen LogP contribution is 2.32. The van der Waals surface area contributed by atoms with Crippen LogP contribution in [0.1, 0.15) is 5.69 Å². The molecule has 3 rings (SSSR count). The van der Waals surface area contributed by atoms with Crippen LogP contribution in [0.5, 0.6) is 0 Å². The van der Waals surface area contributed by atoms with Crippen LogP contribution in [0.3, 0.4) is 0 Å². The van der Waals surface area contributed by atoms with Gasteiger partial charge in [-0.1, -0.05) is 60.7 Å². The van der Waals surface area contributed by atoms with Gasteiger partial charge in [0.15, 0.2) is 0 Å². The Morgan fingerprint density at radius 1 is 0.818 bits per heavy atom.